The van der Waals surface area contributed by atoms with Crippen LogP contribution in [0.15, 0.2) is 17.5 Å². The molecule has 0 unspecified atom stereocenters. The molecule has 2 rings (SSSR count). The Morgan fingerprint density at radius 2 is 2.21 bits per heavy atom. The number of nitro benzene ring substituents is 1. The van der Waals surface area contributed by atoms with Crippen LogP contribution in [-0.2, 0) is 0 Å². The quantitative estimate of drug-likeness (QED) is 0.380. The number of nitro groups is 1. The molecule has 0 saturated heterocycles. The summed E-state index contributed by atoms with van der Waals surface area (Å²) in [6.07, 6.45) is 0. The molecule has 0 saturated carbocycles. The van der Waals surface area contributed by atoms with Crippen LogP contribution in [0.2, 0.25) is 0 Å². The minimum absolute atomic E-state index is 0.0493. The predicted octanol–water partition coefficient (Wildman–Crippen LogP) is 3.00. The van der Waals surface area contributed by atoms with Crippen molar-refractivity contribution < 1.29 is 4.92 Å². The summed E-state index contributed by atoms with van der Waals surface area (Å²) in [5.74, 6) is 0. The number of benzene rings is 1. The zero-order valence-corrected chi connectivity index (χ0v) is 9.83. The highest BCUT2D eigenvalue weighted by atomic mass is 127. The summed E-state index contributed by atoms with van der Waals surface area (Å²) >= 11 is 3.64. The fraction of sp³-hybridized carbons (Fsp3) is 0. The van der Waals surface area contributed by atoms with Crippen molar-refractivity contribution in [3.8, 4) is 0 Å². The second-order valence-electron chi connectivity index (χ2n) is 2.75. The molecule has 4 nitrogen and oxygen atoms in total. The number of hydrogen-bond acceptors (Lipinski definition) is 4. The maximum Gasteiger partial charge on any atom is 0.272 e. The monoisotopic (exact) mass is 320 g/mol. The summed E-state index contributed by atoms with van der Waals surface area (Å²) in [5.41, 5.74) is 6.26. The van der Waals surface area contributed by atoms with Gasteiger partial charge in [-0.2, -0.15) is 0 Å². The third kappa shape index (κ3) is 1.44. The van der Waals surface area contributed by atoms with E-state index in [4.69, 9.17) is 5.73 Å². The molecule has 0 aliphatic carbocycles. The van der Waals surface area contributed by atoms with Crippen LogP contribution in [0, 0.1) is 13.7 Å². The first kappa shape index (κ1) is 9.66. The van der Waals surface area contributed by atoms with Crippen LogP contribution in [0.5, 0.6) is 0 Å². The number of non-ortho nitro benzene ring substituents is 1. The summed E-state index contributed by atoms with van der Waals surface area (Å²) in [6, 6.07) is 2.95. The number of hydrogen-bond donors (Lipinski definition) is 1. The van der Waals surface area contributed by atoms with Gasteiger partial charge in [-0.3, -0.25) is 10.1 Å². The Hall–Kier alpha value is -0.890. The van der Waals surface area contributed by atoms with E-state index in [1.165, 1.54) is 17.4 Å². The number of nitrogen functional groups attached to an aromatic ring is 1. The van der Waals surface area contributed by atoms with Crippen molar-refractivity contribution in [2.45, 2.75) is 0 Å². The molecule has 1 heterocycles. The van der Waals surface area contributed by atoms with Gasteiger partial charge in [-0.1, -0.05) is 0 Å². The molecule has 14 heavy (non-hydrogen) atoms. The van der Waals surface area contributed by atoms with Gasteiger partial charge in [0.05, 0.1) is 4.92 Å². The Labute approximate surface area is 97.0 Å². The Morgan fingerprint density at radius 3 is 2.86 bits per heavy atom. The molecule has 0 spiro atoms. The molecule has 72 valence electrons. The predicted molar refractivity (Wildman–Crippen MR) is 65.6 cm³/mol. The highest BCUT2D eigenvalue weighted by Gasteiger charge is 2.12. The van der Waals surface area contributed by atoms with Crippen molar-refractivity contribution in [1.82, 2.24) is 0 Å². The van der Waals surface area contributed by atoms with Crippen LogP contribution >= 0.6 is 33.9 Å². The first-order chi connectivity index (χ1) is 6.59. The van der Waals surface area contributed by atoms with E-state index in [9.17, 15) is 10.1 Å². The minimum Gasteiger partial charge on any atom is -0.398 e. The molecule has 0 fully saturated rings. The number of thiophene rings is 1. The smallest absolute Gasteiger partial charge is 0.272 e. The molecule has 1 aromatic heterocycles. The minimum atomic E-state index is -0.428. The number of nitrogens with zero attached hydrogens (tertiary/aromatic N) is 1. The van der Waals surface area contributed by atoms with Crippen LogP contribution in [0.1, 0.15) is 0 Å². The van der Waals surface area contributed by atoms with Gasteiger partial charge in [0.25, 0.3) is 5.69 Å². The summed E-state index contributed by atoms with van der Waals surface area (Å²) in [6.45, 7) is 0. The van der Waals surface area contributed by atoms with Crippen LogP contribution in [0.25, 0.3) is 10.1 Å². The summed E-state index contributed by atoms with van der Waals surface area (Å²) in [7, 11) is 0. The summed E-state index contributed by atoms with van der Waals surface area (Å²) in [4.78, 5) is 10.1. The molecule has 0 aliphatic heterocycles. The molecule has 0 atom stereocenters. The van der Waals surface area contributed by atoms with E-state index in [0.29, 0.717) is 5.69 Å². The molecular formula is C8H5IN2O2S. The van der Waals surface area contributed by atoms with E-state index in [1.807, 2.05) is 5.38 Å². The fourth-order valence-corrected chi connectivity index (χ4v) is 3.30. The highest BCUT2D eigenvalue weighted by molar-refractivity contribution is 14.1. The van der Waals surface area contributed by atoms with Gasteiger partial charge in [0, 0.05) is 36.9 Å². The van der Waals surface area contributed by atoms with Gasteiger partial charge in [-0.25, -0.2) is 0 Å². The lowest BCUT2D eigenvalue weighted by molar-refractivity contribution is -0.384. The summed E-state index contributed by atoms with van der Waals surface area (Å²) in [5, 5.41) is 13.4. The van der Waals surface area contributed by atoms with Gasteiger partial charge >= 0.3 is 0 Å². The standard InChI is InChI=1S/C8H5IN2O2S/c9-5-3-14-7-2-4(11(12)13)1-6(10)8(5)7/h1-3H,10H2. The van der Waals surface area contributed by atoms with Crippen LogP contribution in [0.4, 0.5) is 11.4 Å². The molecule has 6 heteroatoms. The summed E-state index contributed by atoms with van der Waals surface area (Å²) < 4.78 is 1.90. The average molecular weight is 320 g/mol. The Balaban J connectivity index is 2.80. The number of nitrogens with two attached hydrogens (primary N) is 1. The topological polar surface area (TPSA) is 69.2 Å². The van der Waals surface area contributed by atoms with Crippen molar-refractivity contribution >= 4 is 55.4 Å². The molecule has 0 aliphatic rings. The van der Waals surface area contributed by atoms with Gasteiger partial charge in [-0.05, 0) is 22.6 Å². The molecule has 1 aromatic carbocycles. The van der Waals surface area contributed by atoms with Gasteiger partial charge in [0.2, 0.25) is 0 Å². The number of rotatable bonds is 1. The van der Waals surface area contributed by atoms with Crippen molar-refractivity contribution in [3.05, 3.63) is 31.2 Å². The Bertz CT molecular complexity index is 523. The molecule has 2 N–H and O–H groups in total. The van der Waals surface area contributed by atoms with E-state index in [1.54, 1.807) is 6.07 Å². The lowest BCUT2D eigenvalue weighted by Crippen LogP contribution is -1.91. The molecule has 2 aromatic rings. The number of fused-ring (bicyclic) bond motifs is 1. The van der Waals surface area contributed by atoms with Gasteiger partial charge < -0.3 is 5.73 Å². The first-order valence-corrected chi connectivity index (χ1v) is 5.66. The van der Waals surface area contributed by atoms with Gasteiger partial charge in [0.15, 0.2) is 0 Å². The molecule has 0 radical (unpaired) electrons. The van der Waals surface area contributed by atoms with E-state index in [0.717, 1.165) is 13.7 Å². The van der Waals surface area contributed by atoms with Crippen LogP contribution < -0.4 is 5.73 Å². The van der Waals surface area contributed by atoms with Crippen molar-refractivity contribution in [2.75, 3.05) is 5.73 Å². The second-order valence-corrected chi connectivity index (χ2v) is 4.82. The Morgan fingerprint density at radius 1 is 1.50 bits per heavy atom. The largest absolute Gasteiger partial charge is 0.398 e. The Kier molecular flexibility index (Phi) is 2.31. The van der Waals surface area contributed by atoms with E-state index in [-0.39, 0.29) is 5.69 Å². The lowest BCUT2D eigenvalue weighted by Gasteiger charge is -1.97. The maximum atomic E-state index is 10.6. The van der Waals surface area contributed by atoms with E-state index < -0.39 is 4.92 Å². The molecular weight excluding hydrogens is 315 g/mol. The van der Waals surface area contributed by atoms with Crippen LogP contribution in [-0.4, -0.2) is 4.92 Å². The second kappa shape index (κ2) is 3.35. The SMILES string of the molecule is Nc1cc([N+](=O)[O-])cc2scc(I)c12. The first-order valence-electron chi connectivity index (χ1n) is 3.70. The van der Waals surface area contributed by atoms with E-state index >= 15 is 0 Å². The average Bonchev–Trinajstić information content (AvgIpc) is 2.48. The normalized spacial score (nSPS) is 10.6. The fourth-order valence-electron chi connectivity index (χ4n) is 1.25. The van der Waals surface area contributed by atoms with Gasteiger partial charge in [0.1, 0.15) is 0 Å². The van der Waals surface area contributed by atoms with Crippen molar-refractivity contribution in [2.24, 2.45) is 0 Å². The molecule has 0 bridgehead atoms. The molecule has 0 amide bonds. The van der Waals surface area contributed by atoms with Gasteiger partial charge in [-0.15, -0.1) is 11.3 Å². The highest BCUT2D eigenvalue weighted by Crippen LogP contribution is 2.34. The zero-order valence-electron chi connectivity index (χ0n) is 6.86. The van der Waals surface area contributed by atoms with Crippen molar-refractivity contribution in [1.29, 1.82) is 0 Å². The van der Waals surface area contributed by atoms with E-state index in [2.05, 4.69) is 22.6 Å². The number of anilines is 1. The third-order valence-electron chi connectivity index (χ3n) is 1.86. The number of halogens is 1. The lowest BCUT2D eigenvalue weighted by atomic mass is 10.2. The zero-order chi connectivity index (χ0) is 10.3. The maximum absolute atomic E-state index is 10.6. The van der Waals surface area contributed by atoms with Crippen molar-refractivity contribution in [3.63, 3.8) is 0 Å². The van der Waals surface area contributed by atoms with Crippen LogP contribution in [0.3, 0.4) is 0 Å². The third-order valence-corrected chi connectivity index (χ3v) is 4.06.